The van der Waals surface area contributed by atoms with Crippen LogP contribution in [0.4, 0.5) is 0 Å². The second-order valence-electron chi connectivity index (χ2n) is 4.41. The van der Waals surface area contributed by atoms with Crippen molar-refractivity contribution in [2.75, 3.05) is 26.0 Å². The molecular weight excluding hydrogens is 212 g/mol. The van der Waals surface area contributed by atoms with Gasteiger partial charge in [-0.05, 0) is 19.1 Å². The highest BCUT2D eigenvalue weighted by Gasteiger charge is 2.42. The number of nitrogens with two attached hydrogens (primary N) is 1. The molecule has 0 spiro atoms. The Morgan fingerprint density at radius 2 is 2.33 bits per heavy atom. The van der Waals surface area contributed by atoms with Crippen molar-refractivity contribution in [1.29, 1.82) is 0 Å². The zero-order valence-electron chi connectivity index (χ0n) is 8.99. The van der Waals surface area contributed by atoms with Gasteiger partial charge in [-0.15, -0.1) is 0 Å². The van der Waals surface area contributed by atoms with E-state index in [2.05, 4.69) is 11.6 Å². The Kier molecular flexibility index (Phi) is 3.23. The van der Waals surface area contributed by atoms with Gasteiger partial charge in [0.05, 0.1) is 19.1 Å². The van der Waals surface area contributed by atoms with Crippen LogP contribution in [0.25, 0.3) is 0 Å². The zero-order valence-corrected chi connectivity index (χ0v) is 9.81. The summed E-state index contributed by atoms with van der Waals surface area (Å²) in [5.74, 6) is -0.0945. The van der Waals surface area contributed by atoms with E-state index in [1.807, 2.05) is 11.8 Å². The standard InChI is InChI=1S/C10H18N2O2S/c1-15-10(2-3-10)6-12-9(13)7-4-14-5-8(7)11/h7-8H,2-6,11H2,1H3,(H,12,13). The Balaban J connectivity index is 1.77. The van der Waals surface area contributed by atoms with Gasteiger partial charge in [-0.1, -0.05) is 0 Å². The van der Waals surface area contributed by atoms with Crippen molar-refractivity contribution >= 4 is 17.7 Å². The Bertz CT molecular complexity index is 256. The number of amides is 1. The molecule has 2 aliphatic rings. The van der Waals surface area contributed by atoms with E-state index in [1.165, 1.54) is 12.8 Å². The quantitative estimate of drug-likeness (QED) is 0.712. The van der Waals surface area contributed by atoms with Crippen molar-refractivity contribution in [3.05, 3.63) is 0 Å². The second kappa shape index (κ2) is 4.31. The summed E-state index contributed by atoms with van der Waals surface area (Å²) < 4.78 is 5.49. The molecule has 2 atom stereocenters. The van der Waals surface area contributed by atoms with Crippen LogP contribution >= 0.6 is 11.8 Å². The van der Waals surface area contributed by atoms with Gasteiger partial charge >= 0.3 is 0 Å². The van der Waals surface area contributed by atoms with Crippen molar-refractivity contribution in [3.63, 3.8) is 0 Å². The minimum Gasteiger partial charge on any atom is -0.379 e. The number of carbonyl (C=O) groups excluding carboxylic acids is 1. The maximum absolute atomic E-state index is 11.8. The van der Waals surface area contributed by atoms with E-state index in [9.17, 15) is 4.79 Å². The number of ether oxygens (including phenoxy) is 1. The predicted molar refractivity (Wildman–Crippen MR) is 60.8 cm³/mol. The molecule has 2 fully saturated rings. The number of hydrogen-bond donors (Lipinski definition) is 2. The summed E-state index contributed by atoms with van der Waals surface area (Å²) in [5.41, 5.74) is 5.78. The lowest BCUT2D eigenvalue weighted by Gasteiger charge is -2.17. The third-order valence-electron chi connectivity index (χ3n) is 3.29. The van der Waals surface area contributed by atoms with Gasteiger partial charge < -0.3 is 15.8 Å². The van der Waals surface area contributed by atoms with Crippen molar-refractivity contribution in [2.24, 2.45) is 11.7 Å². The minimum atomic E-state index is -0.150. The highest BCUT2D eigenvalue weighted by Crippen LogP contribution is 2.46. The van der Waals surface area contributed by atoms with Crippen molar-refractivity contribution in [2.45, 2.75) is 23.6 Å². The normalized spacial score (nSPS) is 32.7. The molecule has 86 valence electrons. The number of hydrogen-bond acceptors (Lipinski definition) is 4. The molecule has 3 N–H and O–H groups in total. The lowest BCUT2D eigenvalue weighted by Crippen LogP contribution is -2.43. The number of carbonyl (C=O) groups is 1. The lowest BCUT2D eigenvalue weighted by molar-refractivity contribution is -0.125. The fraction of sp³-hybridized carbons (Fsp3) is 0.900. The summed E-state index contributed by atoms with van der Waals surface area (Å²) in [6.07, 6.45) is 4.52. The van der Waals surface area contributed by atoms with Crippen molar-refractivity contribution in [3.8, 4) is 0 Å². The molecule has 0 aromatic carbocycles. The molecule has 15 heavy (non-hydrogen) atoms. The van der Waals surface area contributed by atoms with E-state index in [0.717, 1.165) is 6.54 Å². The summed E-state index contributed by atoms with van der Waals surface area (Å²) in [6.45, 7) is 1.75. The van der Waals surface area contributed by atoms with Gasteiger partial charge in [0.15, 0.2) is 0 Å². The topological polar surface area (TPSA) is 64.3 Å². The van der Waals surface area contributed by atoms with Crippen LogP contribution in [0.15, 0.2) is 0 Å². The Morgan fingerprint density at radius 3 is 2.80 bits per heavy atom. The zero-order chi connectivity index (χ0) is 10.9. The molecule has 0 aromatic heterocycles. The van der Waals surface area contributed by atoms with E-state index in [1.54, 1.807) is 0 Å². The summed E-state index contributed by atoms with van der Waals surface area (Å²) in [7, 11) is 0. The second-order valence-corrected chi connectivity index (χ2v) is 5.69. The highest BCUT2D eigenvalue weighted by molar-refractivity contribution is 8.00. The SMILES string of the molecule is CSC1(CNC(=O)C2COCC2N)CC1. The average Bonchev–Trinajstić information content (AvgIpc) is 2.91. The van der Waals surface area contributed by atoms with Gasteiger partial charge in [0.25, 0.3) is 0 Å². The number of nitrogens with one attached hydrogen (secondary N) is 1. The first-order chi connectivity index (χ1) is 7.17. The molecule has 0 radical (unpaired) electrons. The van der Waals surface area contributed by atoms with E-state index < -0.39 is 0 Å². The highest BCUT2D eigenvalue weighted by atomic mass is 32.2. The van der Waals surface area contributed by atoms with Gasteiger partial charge in [-0.3, -0.25) is 4.79 Å². The Hall–Kier alpha value is -0.260. The molecule has 2 rings (SSSR count). The molecule has 1 aliphatic carbocycles. The smallest absolute Gasteiger partial charge is 0.227 e. The van der Waals surface area contributed by atoms with Gasteiger partial charge in [-0.25, -0.2) is 0 Å². The van der Waals surface area contributed by atoms with Gasteiger partial charge in [0.2, 0.25) is 5.91 Å². The summed E-state index contributed by atoms with van der Waals surface area (Å²) in [5, 5.41) is 2.99. The first kappa shape index (κ1) is 11.2. The van der Waals surface area contributed by atoms with Crippen molar-refractivity contribution < 1.29 is 9.53 Å². The molecule has 0 aromatic rings. The summed E-state index contributed by atoms with van der Waals surface area (Å²) >= 11 is 1.85. The third-order valence-corrected chi connectivity index (χ3v) is 4.71. The number of thioether (sulfide) groups is 1. The predicted octanol–water partition coefficient (Wildman–Crippen LogP) is -0.0281. The van der Waals surface area contributed by atoms with Crippen LogP contribution < -0.4 is 11.1 Å². The van der Waals surface area contributed by atoms with Crippen LogP contribution in [-0.2, 0) is 9.53 Å². The fourth-order valence-electron chi connectivity index (χ4n) is 1.81. The monoisotopic (exact) mass is 230 g/mol. The molecule has 1 heterocycles. The molecule has 4 nitrogen and oxygen atoms in total. The van der Waals surface area contributed by atoms with E-state index >= 15 is 0 Å². The summed E-state index contributed by atoms with van der Waals surface area (Å²) in [6, 6.07) is -0.130. The van der Waals surface area contributed by atoms with Crippen LogP contribution in [0.2, 0.25) is 0 Å². The molecule has 1 aliphatic heterocycles. The van der Waals surface area contributed by atoms with Crippen LogP contribution in [0, 0.1) is 5.92 Å². The number of rotatable bonds is 4. The lowest BCUT2D eigenvalue weighted by atomic mass is 10.0. The van der Waals surface area contributed by atoms with Crippen LogP contribution in [0.1, 0.15) is 12.8 Å². The van der Waals surface area contributed by atoms with Crippen LogP contribution in [-0.4, -0.2) is 42.7 Å². The fourth-order valence-corrected chi connectivity index (χ4v) is 2.54. The molecule has 1 saturated carbocycles. The first-order valence-electron chi connectivity index (χ1n) is 5.33. The van der Waals surface area contributed by atoms with Gasteiger partial charge in [0, 0.05) is 17.3 Å². The molecule has 1 amide bonds. The molecule has 2 unspecified atom stereocenters. The third kappa shape index (κ3) is 2.46. The largest absolute Gasteiger partial charge is 0.379 e. The Labute approximate surface area is 94.3 Å². The average molecular weight is 230 g/mol. The van der Waals surface area contributed by atoms with Crippen molar-refractivity contribution in [1.82, 2.24) is 5.32 Å². The maximum atomic E-state index is 11.8. The molecule has 5 heteroatoms. The Morgan fingerprint density at radius 1 is 1.60 bits per heavy atom. The molecule has 0 bridgehead atoms. The van der Waals surface area contributed by atoms with Gasteiger partial charge in [-0.2, -0.15) is 11.8 Å². The molecule has 1 saturated heterocycles. The van der Waals surface area contributed by atoms with Crippen LogP contribution in [0.5, 0.6) is 0 Å². The summed E-state index contributed by atoms with van der Waals surface area (Å²) in [4.78, 5) is 11.8. The van der Waals surface area contributed by atoms with Gasteiger partial charge in [0.1, 0.15) is 0 Å². The van der Waals surface area contributed by atoms with E-state index in [-0.39, 0.29) is 17.9 Å². The first-order valence-corrected chi connectivity index (χ1v) is 6.55. The van der Waals surface area contributed by atoms with Crippen LogP contribution in [0.3, 0.4) is 0 Å². The maximum Gasteiger partial charge on any atom is 0.227 e. The van der Waals surface area contributed by atoms with E-state index in [0.29, 0.717) is 18.0 Å². The molecular formula is C10H18N2O2S. The van der Waals surface area contributed by atoms with E-state index in [4.69, 9.17) is 10.5 Å². The minimum absolute atomic E-state index is 0.0559.